The zero-order chi connectivity index (χ0) is 14.5. The Morgan fingerprint density at radius 1 is 1.24 bits per heavy atom. The molecule has 0 aliphatic carbocycles. The molecule has 4 heteroatoms. The molecule has 0 aromatic heterocycles. The van der Waals surface area contributed by atoms with Crippen LogP contribution in [0, 0.1) is 0 Å². The van der Waals surface area contributed by atoms with E-state index in [0.717, 1.165) is 51.4 Å². The fraction of sp³-hybridized carbons (Fsp3) is 0.471. The highest BCUT2D eigenvalue weighted by molar-refractivity contribution is 5.94. The summed E-state index contributed by atoms with van der Waals surface area (Å²) in [6, 6.07) is 6.25. The summed E-state index contributed by atoms with van der Waals surface area (Å²) in [6.07, 6.45) is 6.91. The lowest BCUT2D eigenvalue weighted by Crippen LogP contribution is -2.36. The van der Waals surface area contributed by atoms with E-state index < -0.39 is 0 Å². The van der Waals surface area contributed by atoms with Gasteiger partial charge in [-0.05, 0) is 36.1 Å². The molecule has 3 rings (SSSR count). The second-order valence-corrected chi connectivity index (χ2v) is 5.61. The minimum absolute atomic E-state index is 0.122. The van der Waals surface area contributed by atoms with Gasteiger partial charge in [0.2, 0.25) is 5.91 Å². The van der Waals surface area contributed by atoms with E-state index in [4.69, 9.17) is 4.74 Å². The van der Waals surface area contributed by atoms with E-state index in [1.807, 2.05) is 6.07 Å². The molecule has 4 nitrogen and oxygen atoms in total. The lowest BCUT2D eigenvalue weighted by molar-refractivity contribution is -0.116. The van der Waals surface area contributed by atoms with Crippen molar-refractivity contribution in [2.45, 2.75) is 19.3 Å². The van der Waals surface area contributed by atoms with Crippen molar-refractivity contribution >= 4 is 17.7 Å². The summed E-state index contributed by atoms with van der Waals surface area (Å²) in [5.41, 5.74) is 3.42. The summed E-state index contributed by atoms with van der Waals surface area (Å²) in [5, 5.41) is 2.92. The van der Waals surface area contributed by atoms with E-state index in [2.05, 4.69) is 34.5 Å². The molecule has 2 aliphatic rings. The van der Waals surface area contributed by atoms with Gasteiger partial charge in [0, 0.05) is 31.7 Å². The second-order valence-electron chi connectivity index (χ2n) is 5.61. The summed E-state index contributed by atoms with van der Waals surface area (Å²) < 4.78 is 5.35. The van der Waals surface area contributed by atoms with Gasteiger partial charge in [0.25, 0.3) is 0 Å². The first kappa shape index (κ1) is 14.3. The molecular formula is C17H22N2O2. The summed E-state index contributed by atoms with van der Waals surface area (Å²) in [6.45, 7) is 4.92. The van der Waals surface area contributed by atoms with Crippen LogP contribution >= 0.6 is 0 Å². The fourth-order valence-corrected chi connectivity index (χ4v) is 2.81. The smallest absolute Gasteiger partial charge is 0.224 e. The zero-order valence-corrected chi connectivity index (χ0v) is 12.3. The van der Waals surface area contributed by atoms with E-state index in [0.29, 0.717) is 6.42 Å². The van der Waals surface area contributed by atoms with E-state index in [9.17, 15) is 4.79 Å². The van der Waals surface area contributed by atoms with Crippen molar-refractivity contribution < 1.29 is 9.53 Å². The quantitative estimate of drug-likeness (QED) is 0.923. The predicted molar refractivity (Wildman–Crippen MR) is 84.3 cm³/mol. The van der Waals surface area contributed by atoms with Crippen molar-refractivity contribution in [3.8, 4) is 0 Å². The van der Waals surface area contributed by atoms with Crippen molar-refractivity contribution in [3.05, 3.63) is 35.4 Å². The number of amides is 1. The van der Waals surface area contributed by atoms with Gasteiger partial charge in [-0.2, -0.15) is 0 Å². The zero-order valence-electron chi connectivity index (χ0n) is 12.3. The van der Waals surface area contributed by atoms with Crippen LogP contribution in [0.5, 0.6) is 0 Å². The number of ether oxygens (including phenoxy) is 1. The Bertz CT molecular complexity index is 534. The molecule has 0 bridgehead atoms. The number of aryl methyl sites for hydroxylation is 1. The molecule has 1 aromatic carbocycles. The first-order valence-electron chi connectivity index (χ1n) is 7.71. The molecule has 112 valence electrons. The minimum atomic E-state index is 0.122. The molecular weight excluding hydrogens is 264 g/mol. The maximum absolute atomic E-state index is 11.3. The van der Waals surface area contributed by atoms with Crippen molar-refractivity contribution in [2.24, 2.45) is 0 Å². The third-order valence-corrected chi connectivity index (χ3v) is 4.05. The largest absolute Gasteiger partial charge is 0.379 e. The molecule has 0 spiro atoms. The molecule has 0 unspecified atom stereocenters. The number of hydrogen-bond acceptors (Lipinski definition) is 3. The van der Waals surface area contributed by atoms with Crippen LogP contribution in [0.1, 0.15) is 24.0 Å². The van der Waals surface area contributed by atoms with Gasteiger partial charge in [-0.3, -0.25) is 9.69 Å². The molecule has 0 saturated carbocycles. The average molecular weight is 286 g/mol. The van der Waals surface area contributed by atoms with Crippen LogP contribution in [-0.2, 0) is 16.0 Å². The highest BCUT2D eigenvalue weighted by Crippen LogP contribution is 2.24. The van der Waals surface area contributed by atoms with Gasteiger partial charge in [-0.25, -0.2) is 0 Å². The highest BCUT2D eigenvalue weighted by Gasteiger charge is 2.14. The Labute approximate surface area is 125 Å². The van der Waals surface area contributed by atoms with Crippen molar-refractivity contribution in [2.75, 3.05) is 38.2 Å². The topological polar surface area (TPSA) is 41.6 Å². The number of nitrogens with zero attached hydrogens (tertiary/aromatic N) is 1. The van der Waals surface area contributed by atoms with Crippen LogP contribution in [0.4, 0.5) is 5.69 Å². The van der Waals surface area contributed by atoms with Gasteiger partial charge in [0.15, 0.2) is 0 Å². The number of morpholine rings is 1. The third kappa shape index (κ3) is 3.93. The summed E-state index contributed by atoms with van der Waals surface area (Å²) in [4.78, 5) is 13.8. The van der Waals surface area contributed by atoms with E-state index in [-0.39, 0.29) is 5.91 Å². The molecule has 1 aromatic rings. The maximum atomic E-state index is 11.3. The molecule has 1 saturated heterocycles. The number of benzene rings is 1. The molecule has 21 heavy (non-hydrogen) atoms. The van der Waals surface area contributed by atoms with Crippen LogP contribution in [0.3, 0.4) is 0 Å². The lowest BCUT2D eigenvalue weighted by atomic mass is 10.00. The van der Waals surface area contributed by atoms with Crippen molar-refractivity contribution in [1.82, 2.24) is 4.90 Å². The van der Waals surface area contributed by atoms with Gasteiger partial charge in [0.1, 0.15) is 0 Å². The number of fused-ring (bicyclic) bond motifs is 1. The lowest BCUT2D eigenvalue weighted by Gasteiger charge is -2.25. The van der Waals surface area contributed by atoms with Crippen LogP contribution < -0.4 is 5.32 Å². The predicted octanol–water partition coefficient (Wildman–Crippen LogP) is 2.31. The summed E-state index contributed by atoms with van der Waals surface area (Å²) >= 11 is 0. The standard InChI is InChI=1S/C17H22N2O2/c20-17-7-5-15-13-14(4-6-16(15)18-17)3-1-2-8-19-9-11-21-12-10-19/h1,3-4,6,13H,2,5,7-12H2,(H,18,20). The third-order valence-electron chi connectivity index (χ3n) is 4.05. The molecule has 1 amide bonds. The fourth-order valence-electron chi connectivity index (χ4n) is 2.81. The number of carbonyl (C=O) groups excluding carboxylic acids is 1. The molecule has 2 heterocycles. The second kappa shape index (κ2) is 6.87. The maximum Gasteiger partial charge on any atom is 0.224 e. The Hall–Kier alpha value is -1.65. The van der Waals surface area contributed by atoms with Crippen molar-refractivity contribution in [1.29, 1.82) is 0 Å². The highest BCUT2D eigenvalue weighted by atomic mass is 16.5. The SMILES string of the molecule is O=C1CCc2cc(C=CCCN3CCOCC3)ccc2N1. The van der Waals surface area contributed by atoms with Crippen LogP contribution in [0.25, 0.3) is 6.08 Å². The summed E-state index contributed by atoms with van der Waals surface area (Å²) in [5.74, 6) is 0.122. The van der Waals surface area contributed by atoms with Gasteiger partial charge in [-0.15, -0.1) is 0 Å². The van der Waals surface area contributed by atoms with Crippen molar-refractivity contribution in [3.63, 3.8) is 0 Å². The van der Waals surface area contributed by atoms with E-state index in [1.54, 1.807) is 0 Å². The van der Waals surface area contributed by atoms with Gasteiger partial charge < -0.3 is 10.1 Å². The molecule has 2 aliphatic heterocycles. The van der Waals surface area contributed by atoms with E-state index in [1.165, 1.54) is 11.1 Å². The number of carbonyl (C=O) groups is 1. The van der Waals surface area contributed by atoms with E-state index >= 15 is 0 Å². The molecule has 1 fully saturated rings. The Morgan fingerprint density at radius 3 is 2.95 bits per heavy atom. The monoisotopic (exact) mass is 286 g/mol. The first-order valence-corrected chi connectivity index (χ1v) is 7.71. The van der Waals surface area contributed by atoms with Gasteiger partial charge in [0.05, 0.1) is 13.2 Å². The normalized spacial score (nSPS) is 19.5. The first-order chi connectivity index (χ1) is 10.3. The van der Waals surface area contributed by atoms with Gasteiger partial charge in [-0.1, -0.05) is 18.2 Å². The van der Waals surface area contributed by atoms with Crippen LogP contribution in [-0.4, -0.2) is 43.7 Å². The number of rotatable bonds is 4. The summed E-state index contributed by atoms with van der Waals surface area (Å²) in [7, 11) is 0. The number of nitrogens with one attached hydrogen (secondary N) is 1. The van der Waals surface area contributed by atoms with Crippen LogP contribution in [0.2, 0.25) is 0 Å². The molecule has 1 N–H and O–H groups in total. The average Bonchev–Trinajstić information content (AvgIpc) is 2.52. The van der Waals surface area contributed by atoms with Crippen LogP contribution in [0.15, 0.2) is 24.3 Å². The van der Waals surface area contributed by atoms with Gasteiger partial charge >= 0.3 is 0 Å². The molecule has 0 atom stereocenters. The number of hydrogen-bond donors (Lipinski definition) is 1. The Morgan fingerprint density at radius 2 is 2.10 bits per heavy atom. The molecule has 0 radical (unpaired) electrons. The minimum Gasteiger partial charge on any atom is -0.379 e. The Kier molecular flexibility index (Phi) is 4.68. The Balaban J connectivity index is 1.52. The number of anilines is 1.